The third-order valence-corrected chi connectivity index (χ3v) is 3.16. The lowest BCUT2D eigenvalue weighted by Crippen LogP contribution is -2.18. The molecule has 0 amide bonds. The maximum absolute atomic E-state index is 13.0. The van der Waals surface area contributed by atoms with Gasteiger partial charge in [-0.05, 0) is 42.3 Å². The Labute approximate surface area is 116 Å². The lowest BCUT2D eigenvalue weighted by Gasteiger charge is -2.14. The smallest absolute Gasteiger partial charge is 0.126 e. The van der Waals surface area contributed by atoms with Crippen LogP contribution in [0.3, 0.4) is 0 Å². The summed E-state index contributed by atoms with van der Waals surface area (Å²) in [5, 5.41) is 3.90. The third kappa shape index (κ3) is 4.01. The first-order valence-electron chi connectivity index (χ1n) is 5.98. The van der Waals surface area contributed by atoms with E-state index in [1.54, 1.807) is 0 Å². The Morgan fingerprint density at radius 3 is 2.21 bits per heavy atom. The molecule has 1 unspecified atom stereocenters. The molecule has 100 valence electrons. The van der Waals surface area contributed by atoms with Crippen LogP contribution in [0.1, 0.15) is 24.1 Å². The van der Waals surface area contributed by atoms with Crippen LogP contribution in [-0.4, -0.2) is 0 Å². The van der Waals surface area contributed by atoms with Crippen LogP contribution in [0.4, 0.5) is 8.78 Å². The molecule has 0 fully saturated rings. The highest BCUT2D eigenvalue weighted by molar-refractivity contribution is 6.30. The first-order valence-corrected chi connectivity index (χ1v) is 6.36. The van der Waals surface area contributed by atoms with E-state index in [1.807, 2.05) is 31.2 Å². The molecule has 1 nitrogen and oxygen atoms in total. The summed E-state index contributed by atoms with van der Waals surface area (Å²) in [6.45, 7) is 2.39. The molecule has 0 aliphatic heterocycles. The summed E-state index contributed by atoms with van der Waals surface area (Å²) in [5.41, 5.74) is 1.65. The minimum Gasteiger partial charge on any atom is -0.306 e. The minimum atomic E-state index is -0.559. The summed E-state index contributed by atoms with van der Waals surface area (Å²) in [7, 11) is 0. The first-order chi connectivity index (χ1) is 9.04. The number of halogens is 3. The SMILES string of the molecule is CC(NCc1cc(F)cc(F)c1)c1ccc(Cl)cc1. The van der Waals surface area contributed by atoms with Gasteiger partial charge < -0.3 is 5.32 Å². The van der Waals surface area contributed by atoms with Crippen LogP contribution < -0.4 is 5.32 Å². The molecule has 0 saturated heterocycles. The van der Waals surface area contributed by atoms with Gasteiger partial charge in [-0.15, -0.1) is 0 Å². The molecule has 1 N–H and O–H groups in total. The lowest BCUT2D eigenvalue weighted by molar-refractivity contribution is 0.554. The molecule has 1 atom stereocenters. The van der Waals surface area contributed by atoms with Gasteiger partial charge >= 0.3 is 0 Å². The van der Waals surface area contributed by atoms with Gasteiger partial charge in [0.1, 0.15) is 11.6 Å². The van der Waals surface area contributed by atoms with Gasteiger partial charge in [-0.3, -0.25) is 0 Å². The van der Waals surface area contributed by atoms with E-state index in [4.69, 9.17) is 11.6 Å². The fourth-order valence-electron chi connectivity index (χ4n) is 1.85. The fraction of sp³-hybridized carbons (Fsp3) is 0.200. The van der Waals surface area contributed by atoms with Gasteiger partial charge in [0, 0.05) is 23.7 Å². The van der Waals surface area contributed by atoms with Gasteiger partial charge in [0.15, 0.2) is 0 Å². The highest BCUT2D eigenvalue weighted by atomic mass is 35.5. The van der Waals surface area contributed by atoms with Crippen molar-refractivity contribution in [2.24, 2.45) is 0 Å². The number of nitrogens with one attached hydrogen (secondary N) is 1. The van der Waals surface area contributed by atoms with Crippen molar-refractivity contribution in [3.05, 3.63) is 70.2 Å². The molecular weight excluding hydrogens is 268 g/mol. The van der Waals surface area contributed by atoms with E-state index in [9.17, 15) is 8.78 Å². The summed E-state index contributed by atoms with van der Waals surface area (Å²) in [4.78, 5) is 0. The molecule has 0 aliphatic rings. The maximum atomic E-state index is 13.0. The van der Waals surface area contributed by atoms with Crippen LogP contribution in [0, 0.1) is 11.6 Å². The average molecular weight is 282 g/mol. The van der Waals surface area contributed by atoms with E-state index in [2.05, 4.69) is 5.32 Å². The summed E-state index contributed by atoms with van der Waals surface area (Å²) in [6.07, 6.45) is 0. The average Bonchev–Trinajstić information content (AvgIpc) is 2.36. The molecule has 2 rings (SSSR count). The molecule has 0 heterocycles. The van der Waals surface area contributed by atoms with E-state index in [0.29, 0.717) is 17.1 Å². The summed E-state index contributed by atoms with van der Waals surface area (Å²) in [5.74, 6) is -1.12. The van der Waals surface area contributed by atoms with Crippen molar-refractivity contribution >= 4 is 11.6 Å². The molecule has 0 bridgehead atoms. The highest BCUT2D eigenvalue weighted by Crippen LogP contribution is 2.17. The van der Waals surface area contributed by atoms with Gasteiger partial charge in [-0.1, -0.05) is 23.7 Å². The fourth-order valence-corrected chi connectivity index (χ4v) is 1.98. The van der Waals surface area contributed by atoms with E-state index >= 15 is 0 Å². The second kappa shape index (κ2) is 6.13. The number of rotatable bonds is 4. The first kappa shape index (κ1) is 14.0. The lowest BCUT2D eigenvalue weighted by atomic mass is 10.1. The van der Waals surface area contributed by atoms with E-state index in [-0.39, 0.29) is 6.04 Å². The molecule has 0 aliphatic carbocycles. The second-order valence-electron chi connectivity index (χ2n) is 4.43. The van der Waals surface area contributed by atoms with Crippen LogP contribution in [0.25, 0.3) is 0 Å². The molecule has 2 aromatic rings. The third-order valence-electron chi connectivity index (χ3n) is 2.90. The van der Waals surface area contributed by atoms with Crippen molar-refractivity contribution in [3.8, 4) is 0 Å². The molecular formula is C15H14ClF2N. The quantitative estimate of drug-likeness (QED) is 0.872. The second-order valence-corrected chi connectivity index (χ2v) is 4.87. The molecule has 0 spiro atoms. The van der Waals surface area contributed by atoms with Crippen molar-refractivity contribution in [1.82, 2.24) is 5.32 Å². The predicted molar refractivity (Wildman–Crippen MR) is 73.1 cm³/mol. The van der Waals surface area contributed by atoms with Gasteiger partial charge in [0.2, 0.25) is 0 Å². The van der Waals surface area contributed by atoms with Crippen LogP contribution in [0.5, 0.6) is 0 Å². The summed E-state index contributed by atoms with van der Waals surface area (Å²) in [6, 6.07) is 11.1. The Balaban J connectivity index is 1.99. The maximum Gasteiger partial charge on any atom is 0.126 e. The molecule has 2 aromatic carbocycles. The molecule has 4 heteroatoms. The Morgan fingerprint density at radius 2 is 1.63 bits per heavy atom. The Hall–Kier alpha value is -1.45. The molecule has 0 saturated carbocycles. The summed E-state index contributed by atoms with van der Waals surface area (Å²) < 4.78 is 26.1. The zero-order chi connectivity index (χ0) is 13.8. The van der Waals surface area contributed by atoms with Crippen LogP contribution >= 0.6 is 11.6 Å². The van der Waals surface area contributed by atoms with Gasteiger partial charge in [-0.2, -0.15) is 0 Å². The number of hydrogen-bond donors (Lipinski definition) is 1. The van der Waals surface area contributed by atoms with E-state index in [0.717, 1.165) is 11.6 Å². The number of benzene rings is 2. The van der Waals surface area contributed by atoms with Gasteiger partial charge in [0.05, 0.1) is 0 Å². The van der Waals surface area contributed by atoms with Gasteiger partial charge in [-0.25, -0.2) is 8.78 Å². The van der Waals surface area contributed by atoms with Crippen LogP contribution in [0.2, 0.25) is 5.02 Å². The number of hydrogen-bond acceptors (Lipinski definition) is 1. The monoisotopic (exact) mass is 281 g/mol. The minimum absolute atomic E-state index is 0.0728. The van der Waals surface area contributed by atoms with Crippen molar-refractivity contribution < 1.29 is 8.78 Å². The Kier molecular flexibility index (Phi) is 4.51. The van der Waals surface area contributed by atoms with E-state index < -0.39 is 11.6 Å². The van der Waals surface area contributed by atoms with Crippen LogP contribution in [-0.2, 0) is 6.54 Å². The van der Waals surface area contributed by atoms with E-state index in [1.165, 1.54) is 12.1 Å². The molecule has 19 heavy (non-hydrogen) atoms. The van der Waals surface area contributed by atoms with Crippen molar-refractivity contribution in [2.75, 3.05) is 0 Å². The van der Waals surface area contributed by atoms with Crippen molar-refractivity contribution in [2.45, 2.75) is 19.5 Å². The van der Waals surface area contributed by atoms with Crippen LogP contribution in [0.15, 0.2) is 42.5 Å². The molecule has 0 aromatic heterocycles. The standard InChI is InChI=1S/C15H14ClF2N/c1-10(12-2-4-13(16)5-3-12)19-9-11-6-14(17)8-15(18)7-11/h2-8,10,19H,9H2,1H3. The highest BCUT2D eigenvalue weighted by Gasteiger charge is 2.06. The van der Waals surface area contributed by atoms with Crippen molar-refractivity contribution in [3.63, 3.8) is 0 Å². The molecule has 0 radical (unpaired) electrons. The van der Waals surface area contributed by atoms with Crippen molar-refractivity contribution in [1.29, 1.82) is 0 Å². The summed E-state index contributed by atoms with van der Waals surface area (Å²) >= 11 is 5.82. The zero-order valence-electron chi connectivity index (χ0n) is 10.5. The normalized spacial score (nSPS) is 12.4. The predicted octanol–water partition coefficient (Wildman–Crippen LogP) is 4.47. The Morgan fingerprint density at radius 1 is 1.05 bits per heavy atom. The topological polar surface area (TPSA) is 12.0 Å². The van der Waals surface area contributed by atoms with Gasteiger partial charge in [0.25, 0.3) is 0 Å². The largest absolute Gasteiger partial charge is 0.306 e. The zero-order valence-corrected chi connectivity index (χ0v) is 11.2. The Bertz CT molecular complexity index is 534.